The number of benzene rings is 1. The van der Waals surface area contributed by atoms with Gasteiger partial charge in [-0.15, -0.1) is 11.6 Å². The monoisotopic (exact) mass is 347 g/mol. The minimum atomic E-state index is -0.995. The third-order valence-electron chi connectivity index (χ3n) is 5.80. The summed E-state index contributed by atoms with van der Waals surface area (Å²) in [5.41, 5.74) is -0.275. The van der Waals surface area contributed by atoms with Crippen molar-refractivity contribution < 1.29 is 9.84 Å². The molecule has 2 aliphatic rings. The molecule has 0 amide bonds. The van der Waals surface area contributed by atoms with E-state index >= 15 is 0 Å². The molecule has 24 heavy (non-hydrogen) atoms. The molecule has 1 aromatic carbocycles. The van der Waals surface area contributed by atoms with Crippen LogP contribution >= 0.6 is 11.6 Å². The van der Waals surface area contributed by atoms with Gasteiger partial charge in [0.1, 0.15) is 11.4 Å². The van der Waals surface area contributed by atoms with Crippen LogP contribution < -0.4 is 10.3 Å². The standard InChI is InChI=1S/C19H22ClNO3/c1-18(2)11-8-9-19(3,23)16(20)13(11)14-15(24-18)10-6-4-5-7-12(10)21-17(14)22/h4-7,11,13,16,23H,8-9H2,1-3H3,(H,21,22). The number of halogens is 1. The highest BCUT2D eigenvalue weighted by molar-refractivity contribution is 6.22. The van der Waals surface area contributed by atoms with Crippen molar-refractivity contribution in [3.63, 3.8) is 0 Å². The number of ether oxygens (including phenoxy) is 1. The molecule has 4 atom stereocenters. The van der Waals surface area contributed by atoms with E-state index < -0.39 is 16.6 Å². The largest absolute Gasteiger partial charge is 0.486 e. The lowest BCUT2D eigenvalue weighted by atomic mass is 9.63. The maximum atomic E-state index is 12.8. The number of H-pyrrole nitrogens is 1. The second-order valence-electron chi connectivity index (χ2n) is 7.88. The van der Waals surface area contributed by atoms with E-state index in [0.29, 0.717) is 17.7 Å². The van der Waals surface area contributed by atoms with Crippen molar-refractivity contribution in [2.24, 2.45) is 5.92 Å². The van der Waals surface area contributed by atoms with E-state index in [-0.39, 0.29) is 17.4 Å². The molecule has 4 rings (SSSR count). The van der Waals surface area contributed by atoms with Crippen molar-refractivity contribution >= 4 is 22.5 Å². The van der Waals surface area contributed by atoms with Gasteiger partial charge in [-0.05, 0) is 45.7 Å². The quantitative estimate of drug-likeness (QED) is 0.716. The highest BCUT2D eigenvalue weighted by atomic mass is 35.5. The number of aromatic nitrogens is 1. The van der Waals surface area contributed by atoms with Crippen molar-refractivity contribution in [2.45, 2.75) is 56.1 Å². The van der Waals surface area contributed by atoms with E-state index in [1.165, 1.54) is 0 Å². The first-order valence-electron chi connectivity index (χ1n) is 8.43. The van der Waals surface area contributed by atoms with Crippen LogP contribution in [0.5, 0.6) is 5.75 Å². The van der Waals surface area contributed by atoms with Gasteiger partial charge in [0.2, 0.25) is 0 Å². The summed E-state index contributed by atoms with van der Waals surface area (Å²) < 4.78 is 6.34. The van der Waals surface area contributed by atoms with E-state index in [9.17, 15) is 9.90 Å². The molecular weight excluding hydrogens is 326 g/mol. The van der Waals surface area contributed by atoms with Gasteiger partial charge in [-0.25, -0.2) is 0 Å². The van der Waals surface area contributed by atoms with Gasteiger partial charge in [-0.3, -0.25) is 4.79 Å². The number of aromatic amines is 1. The summed E-state index contributed by atoms with van der Waals surface area (Å²) in [5.74, 6) is 0.474. The smallest absolute Gasteiger partial charge is 0.255 e. The Hall–Kier alpha value is -1.52. The first kappa shape index (κ1) is 16.0. The topological polar surface area (TPSA) is 62.3 Å². The first-order chi connectivity index (χ1) is 11.2. The molecule has 5 heteroatoms. The highest BCUT2D eigenvalue weighted by Gasteiger charge is 2.55. The molecule has 4 nitrogen and oxygen atoms in total. The number of hydrogen-bond acceptors (Lipinski definition) is 3. The summed E-state index contributed by atoms with van der Waals surface area (Å²) in [6.45, 7) is 5.86. The molecule has 0 saturated heterocycles. The van der Waals surface area contributed by atoms with Crippen LogP contribution in [0.3, 0.4) is 0 Å². The molecule has 1 aromatic heterocycles. The van der Waals surface area contributed by atoms with Gasteiger partial charge < -0.3 is 14.8 Å². The summed E-state index contributed by atoms with van der Waals surface area (Å²) in [5, 5.41) is 11.1. The summed E-state index contributed by atoms with van der Waals surface area (Å²) in [6.07, 6.45) is 1.38. The van der Waals surface area contributed by atoms with E-state index in [4.69, 9.17) is 16.3 Å². The number of fused-ring (bicyclic) bond motifs is 5. The Morgan fingerprint density at radius 1 is 1.29 bits per heavy atom. The van der Waals surface area contributed by atoms with Gasteiger partial charge in [0.25, 0.3) is 5.56 Å². The molecule has 1 saturated carbocycles. The van der Waals surface area contributed by atoms with Crippen LogP contribution in [-0.2, 0) is 0 Å². The third-order valence-corrected chi connectivity index (χ3v) is 6.55. The Balaban J connectivity index is 2.03. The van der Waals surface area contributed by atoms with E-state index in [0.717, 1.165) is 17.3 Å². The number of nitrogens with one attached hydrogen (secondary N) is 1. The van der Waals surface area contributed by atoms with Crippen molar-refractivity contribution in [1.29, 1.82) is 0 Å². The number of aliphatic hydroxyl groups is 1. The van der Waals surface area contributed by atoms with Crippen LogP contribution in [0.1, 0.15) is 45.1 Å². The number of hydrogen-bond donors (Lipinski definition) is 2. The normalized spacial score (nSPS) is 34.3. The highest BCUT2D eigenvalue weighted by Crippen LogP contribution is 2.55. The van der Waals surface area contributed by atoms with Crippen molar-refractivity contribution in [1.82, 2.24) is 4.98 Å². The molecular formula is C19H22ClNO3. The number of para-hydroxylation sites is 1. The van der Waals surface area contributed by atoms with Crippen LogP contribution in [-0.4, -0.2) is 26.7 Å². The van der Waals surface area contributed by atoms with Gasteiger partial charge in [-0.1, -0.05) is 12.1 Å². The number of rotatable bonds is 0. The number of alkyl halides is 1. The Morgan fingerprint density at radius 2 is 2.00 bits per heavy atom. The molecule has 0 radical (unpaired) electrons. The summed E-state index contributed by atoms with van der Waals surface area (Å²) in [6, 6.07) is 7.63. The third kappa shape index (κ3) is 2.12. The minimum absolute atomic E-state index is 0.0926. The second kappa shape index (κ2) is 4.99. The van der Waals surface area contributed by atoms with Gasteiger partial charge in [-0.2, -0.15) is 0 Å². The lowest BCUT2D eigenvalue weighted by molar-refractivity contribution is -0.0618. The predicted molar refractivity (Wildman–Crippen MR) is 95.0 cm³/mol. The molecule has 1 aliphatic heterocycles. The van der Waals surface area contributed by atoms with Gasteiger partial charge in [0, 0.05) is 17.2 Å². The molecule has 0 bridgehead atoms. The van der Waals surface area contributed by atoms with Crippen LogP contribution in [0.15, 0.2) is 29.1 Å². The fourth-order valence-electron chi connectivity index (χ4n) is 4.46. The zero-order valence-electron chi connectivity index (χ0n) is 14.1. The Bertz CT molecular complexity index is 871. The van der Waals surface area contributed by atoms with Crippen molar-refractivity contribution in [2.75, 3.05) is 0 Å². The van der Waals surface area contributed by atoms with Crippen molar-refractivity contribution in [3.05, 3.63) is 40.2 Å². The fraction of sp³-hybridized carbons (Fsp3) is 0.526. The van der Waals surface area contributed by atoms with Crippen molar-refractivity contribution in [3.8, 4) is 5.75 Å². The second-order valence-corrected chi connectivity index (χ2v) is 8.35. The minimum Gasteiger partial charge on any atom is -0.486 e. The van der Waals surface area contributed by atoms with Crippen LogP contribution in [0, 0.1) is 5.92 Å². The molecule has 0 spiro atoms. The zero-order chi connectivity index (χ0) is 17.3. The average molecular weight is 348 g/mol. The molecule has 2 N–H and O–H groups in total. The summed E-state index contributed by atoms with van der Waals surface area (Å²) in [4.78, 5) is 15.8. The Morgan fingerprint density at radius 3 is 2.75 bits per heavy atom. The van der Waals surface area contributed by atoms with Gasteiger partial charge in [0.15, 0.2) is 0 Å². The maximum absolute atomic E-state index is 12.8. The molecule has 1 fully saturated rings. The summed E-state index contributed by atoms with van der Waals surface area (Å²) >= 11 is 6.70. The maximum Gasteiger partial charge on any atom is 0.255 e. The van der Waals surface area contributed by atoms with Crippen LogP contribution in [0.25, 0.3) is 10.9 Å². The zero-order valence-corrected chi connectivity index (χ0v) is 14.9. The summed E-state index contributed by atoms with van der Waals surface area (Å²) in [7, 11) is 0. The number of pyridine rings is 1. The van der Waals surface area contributed by atoms with Gasteiger partial charge in [0.05, 0.1) is 22.1 Å². The van der Waals surface area contributed by atoms with Gasteiger partial charge >= 0.3 is 0 Å². The first-order valence-corrected chi connectivity index (χ1v) is 8.86. The average Bonchev–Trinajstić information content (AvgIpc) is 2.50. The van der Waals surface area contributed by atoms with Crippen LogP contribution in [0.2, 0.25) is 0 Å². The Labute approximate surface area is 145 Å². The van der Waals surface area contributed by atoms with E-state index in [1.807, 2.05) is 38.1 Å². The SMILES string of the molecule is CC1(O)CCC2C(c3c(c4ccccc4[nH]c3=O)OC2(C)C)C1Cl. The fourth-order valence-corrected chi connectivity index (χ4v) is 4.87. The molecule has 128 valence electrons. The molecule has 1 aliphatic carbocycles. The van der Waals surface area contributed by atoms with E-state index in [1.54, 1.807) is 6.92 Å². The molecule has 2 heterocycles. The Kier molecular flexibility index (Phi) is 3.32. The lowest BCUT2D eigenvalue weighted by Crippen LogP contribution is -2.56. The lowest BCUT2D eigenvalue weighted by Gasteiger charge is -2.52. The molecule has 2 aromatic rings. The van der Waals surface area contributed by atoms with E-state index in [2.05, 4.69) is 4.98 Å². The van der Waals surface area contributed by atoms with Crippen LogP contribution in [0.4, 0.5) is 0 Å². The molecule has 4 unspecified atom stereocenters. The predicted octanol–water partition coefficient (Wildman–Crippen LogP) is 3.55.